The zero-order valence-electron chi connectivity index (χ0n) is 18.1. The number of benzene rings is 2. The van der Waals surface area contributed by atoms with Crippen LogP contribution in [0.15, 0.2) is 65.4 Å². The highest BCUT2D eigenvalue weighted by Crippen LogP contribution is 2.48. The summed E-state index contributed by atoms with van der Waals surface area (Å²) in [7, 11) is 1.66. The van der Waals surface area contributed by atoms with E-state index in [-0.39, 0.29) is 12.2 Å². The minimum Gasteiger partial charge on any atom is -0.494 e. The quantitative estimate of drug-likeness (QED) is 0.252. The van der Waals surface area contributed by atoms with Crippen molar-refractivity contribution in [2.24, 2.45) is 0 Å². The highest BCUT2D eigenvalue weighted by molar-refractivity contribution is 7.78. The van der Waals surface area contributed by atoms with E-state index in [1.165, 1.54) is 15.6 Å². The second-order valence-corrected chi connectivity index (χ2v) is 9.43. The number of methoxy groups -OCH3 is 1. The number of thiol groups is 1. The summed E-state index contributed by atoms with van der Waals surface area (Å²) in [4.78, 5) is 27.1. The molecule has 2 atom stereocenters. The number of hydrogen-bond acceptors (Lipinski definition) is 6. The molecule has 33 heavy (non-hydrogen) atoms. The Morgan fingerprint density at radius 2 is 1.85 bits per heavy atom. The van der Waals surface area contributed by atoms with Crippen LogP contribution >= 0.6 is 35.8 Å². The fourth-order valence-corrected chi connectivity index (χ4v) is 5.61. The Balaban J connectivity index is 1.69. The molecule has 8 heteroatoms. The normalized spacial score (nSPS) is 20.8. The Morgan fingerprint density at radius 1 is 1.09 bits per heavy atom. The number of piperidine rings is 1. The molecule has 3 aromatic rings. The molecule has 1 saturated heterocycles. The van der Waals surface area contributed by atoms with Crippen molar-refractivity contribution < 1.29 is 19.1 Å². The van der Waals surface area contributed by atoms with Crippen molar-refractivity contribution in [2.75, 3.05) is 20.3 Å². The fourth-order valence-electron chi connectivity index (χ4n) is 4.23. The molecule has 0 saturated carbocycles. The van der Waals surface area contributed by atoms with Crippen LogP contribution in [0.1, 0.15) is 35.4 Å². The topological polar surface area (TPSA) is 55.8 Å². The van der Waals surface area contributed by atoms with Crippen molar-refractivity contribution in [2.45, 2.75) is 24.3 Å². The Bertz CT molecular complexity index is 1120. The van der Waals surface area contributed by atoms with Gasteiger partial charge in [0.1, 0.15) is 17.2 Å². The lowest BCUT2D eigenvalue weighted by molar-refractivity contribution is -0.142. The van der Waals surface area contributed by atoms with Gasteiger partial charge in [0.2, 0.25) is 5.91 Å². The average Bonchev–Trinajstić information content (AvgIpc) is 3.36. The van der Waals surface area contributed by atoms with E-state index in [9.17, 15) is 9.59 Å². The van der Waals surface area contributed by atoms with E-state index in [0.29, 0.717) is 29.5 Å². The predicted molar refractivity (Wildman–Crippen MR) is 133 cm³/mol. The number of Topliss-reactive ketones (excluding diaryl/α,β-unsaturated/α-hetero) is 1. The molecule has 0 radical (unpaired) electrons. The molecule has 0 spiro atoms. The number of ether oxygens (including phenoxy) is 2. The van der Waals surface area contributed by atoms with Gasteiger partial charge >= 0.3 is 0 Å². The van der Waals surface area contributed by atoms with Crippen molar-refractivity contribution in [1.29, 1.82) is 0 Å². The molecule has 1 aromatic heterocycles. The summed E-state index contributed by atoms with van der Waals surface area (Å²) in [5.74, 6) is -0.854. The summed E-state index contributed by atoms with van der Waals surface area (Å²) in [6.45, 7) is 1.17. The first-order valence-corrected chi connectivity index (χ1v) is 12.3. The summed E-state index contributed by atoms with van der Waals surface area (Å²) in [6.07, 6.45) is 0.872. The lowest BCUT2D eigenvalue weighted by atomic mass is 9.73. The van der Waals surface area contributed by atoms with Crippen molar-refractivity contribution in [3.63, 3.8) is 0 Å². The molecule has 2 unspecified atom stereocenters. The van der Waals surface area contributed by atoms with Crippen LogP contribution in [0, 0.1) is 0 Å². The van der Waals surface area contributed by atoms with Gasteiger partial charge in [0.25, 0.3) is 0 Å². The van der Waals surface area contributed by atoms with Crippen LogP contribution in [0.5, 0.6) is 5.75 Å². The Morgan fingerprint density at radius 3 is 2.52 bits per heavy atom. The molecule has 172 valence electrons. The first-order chi connectivity index (χ1) is 16.0. The number of thiophene rings is 1. The number of carbonyl (C=O) groups excluding carboxylic acids is 2. The number of carbonyl (C=O) groups is 2. The lowest BCUT2D eigenvalue weighted by Gasteiger charge is -2.46. The van der Waals surface area contributed by atoms with Crippen LogP contribution in [-0.2, 0) is 19.9 Å². The van der Waals surface area contributed by atoms with E-state index in [1.54, 1.807) is 31.4 Å². The van der Waals surface area contributed by atoms with E-state index < -0.39 is 17.4 Å². The maximum atomic E-state index is 13.6. The van der Waals surface area contributed by atoms with Crippen molar-refractivity contribution >= 4 is 47.4 Å². The maximum Gasteiger partial charge on any atom is 0.248 e. The second kappa shape index (κ2) is 10.3. The van der Waals surface area contributed by atoms with Crippen LogP contribution < -0.4 is 4.74 Å². The van der Waals surface area contributed by atoms with Gasteiger partial charge in [0, 0.05) is 31.6 Å². The highest BCUT2D eigenvalue weighted by Gasteiger charge is 2.52. The largest absolute Gasteiger partial charge is 0.494 e. The Kier molecular flexibility index (Phi) is 7.44. The van der Waals surface area contributed by atoms with Gasteiger partial charge in [0.05, 0.1) is 6.61 Å². The van der Waals surface area contributed by atoms with E-state index >= 15 is 0 Å². The first kappa shape index (κ1) is 23.8. The van der Waals surface area contributed by atoms with E-state index in [2.05, 4.69) is 12.8 Å². The van der Waals surface area contributed by atoms with Crippen LogP contribution in [0.2, 0.25) is 5.02 Å². The number of hydrogen-bond donors (Lipinski definition) is 1. The van der Waals surface area contributed by atoms with Crippen molar-refractivity contribution in [1.82, 2.24) is 4.31 Å². The molecular formula is C25H24ClNO4S2. The summed E-state index contributed by atoms with van der Waals surface area (Å²) in [5, 5.41) is 4.28. The monoisotopic (exact) mass is 501 g/mol. The zero-order chi connectivity index (χ0) is 23.4. The van der Waals surface area contributed by atoms with Gasteiger partial charge in [-0.3, -0.25) is 13.9 Å². The summed E-state index contributed by atoms with van der Waals surface area (Å²) in [5.41, 5.74) is 1.12. The molecule has 1 fully saturated rings. The van der Waals surface area contributed by atoms with Crippen LogP contribution in [0.4, 0.5) is 0 Å². The molecule has 5 nitrogen and oxygen atoms in total. The predicted octanol–water partition coefficient (Wildman–Crippen LogP) is 5.49. The van der Waals surface area contributed by atoms with Gasteiger partial charge in [-0.1, -0.05) is 54.7 Å². The van der Waals surface area contributed by atoms with Crippen LogP contribution in [0.3, 0.4) is 0 Å². The molecule has 1 aliphatic heterocycles. The molecule has 0 bridgehead atoms. The average molecular weight is 502 g/mol. The van der Waals surface area contributed by atoms with Gasteiger partial charge in [-0.2, -0.15) is 11.3 Å². The fraction of sp³-hybridized carbons (Fsp3) is 0.280. The van der Waals surface area contributed by atoms with E-state index in [0.717, 1.165) is 17.5 Å². The number of halogens is 1. The van der Waals surface area contributed by atoms with Gasteiger partial charge in [-0.15, -0.1) is 0 Å². The summed E-state index contributed by atoms with van der Waals surface area (Å²) < 4.78 is 12.2. The zero-order valence-corrected chi connectivity index (χ0v) is 20.5. The summed E-state index contributed by atoms with van der Waals surface area (Å²) in [6, 6.07) is 16.4. The van der Waals surface area contributed by atoms with Crippen LogP contribution in [0.25, 0.3) is 0 Å². The molecule has 0 N–H and O–H groups in total. The first-order valence-electron chi connectivity index (χ1n) is 10.5. The van der Waals surface area contributed by atoms with E-state index in [4.69, 9.17) is 21.1 Å². The third kappa shape index (κ3) is 4.55. The molecule has 1 amide bonds. The second-order valence-electron chi connectivity index (χ2n) is 7.84. The molecule has 1 aliphatic rings. The molecular weight excluding hydrogens is 478 g/mol. The Hall–Kier alpha value is -2.32. The number of nitrogens with zero attached hydrogens (tertiary/aromatic N) is 1. The Labute approximate surface area is 207 Å². The van der Waals surface area contributed by atoms with Gasteiger partial charge < -0.3 is 9.47 Å². The SMILES string of the molecule is COCCCOc1ccc(C2(c3ccsc3)CC(=O)C(c3ccccc3Cl)C(=O)N2S)cc1. The number of rotatable bonds is 8. The highest BCUT2D eigenvalue weighted by atomic mass is 35.5. The molecule has 0 aliphatic carbocycles. The lowest BCUT2D eigenvalue weighted by Crippen LogP contribution is -2.54. The third-order valence-corrected chi connectivity index (χ3v) is 7.44. The molecule has 2 heterocycles. The van der Waals surface area contributed by atoms with Gasteiger partial charge in [-0.25, -0.2) is 0 Å². The van der Waals surface area contributed by atoms with Crippen LogP contribution in [-0.4, -0.2) is 36.3 Å². The molecule has 2 aromatic carbocycles. The third-order valence-electron chi connectivity index (χ3n) is 5.88. The maximum absolute atomic E-state index is 13.6. The van der Waals surface area contributed by atoms with Gasteiger partial charge in [0.15, 0.2) is 5.78 Å². The van der Waals surface area contributed by atoms with Crippen molar-refractivity contribution in [3.05, 3.63) is 87.1 Å². The smallest absolute Gasteiger partial charge is 0.248 e. The minimum atomic E-state index is -1.02. The number of ketones is 1. The van der Waals surface area contributed by atoms with Crippen molar-refractivity contribution in [3.8, 4) is 5.75 Å². The standard InChI is InChI=1S/C25H24ClNO4S2/c1-30-12-4-13-31-19-9-7-17(8-10-19)25(18-11-14-33-16-18)15-22(28)23(24(29)27(25)32)20-5-2-3-6-21(20)26/h2-3,5-11,14,16,23,32H,4,12-13,15H2,1H3. The van der Waals surface area contributed by atoms with Gasteiger partial charge in [-0.05, 0) is 51.7 Å². The minimum absolute atomic E-state index is 0.0862. The molecule has 4 rings (SSSR count). The van der Waals surface area contributed by atoms with E-state index in [1.807, 2.05) is 41.1 Å². The summed E-state index contributed by atoms with van der Waals surface area (Å²) >= 11 is 12.5. The number of amides is 1.